The van der Waals surface area contributed by atoms with Gasteiger partial charge in [0.15, 0.2) is 11.9 Å². The second-order valence-electron chi connectivity index (χ2n) is 4.88. The third-order valence-electron chi connectivity index (χ3n) is 2.85. The van der Waals surface area contributed by atoms with E-state index >= 15 is 0 Å². The van der Waals surface area contributed by atoms with Crippen molar-refractivity contribution in [3.63, 3.8) is 0 Å². The molecule has 0 unspecified atom stereocenters. The van der Waals surface area contributed by atoms with Gasteiger partial charge in [0.1, 0.15) is 5.69 Å². The fraction of sp³-hybridized carbons (Fsp3) is 0.692. The van der Waals surface area contributed by atoms with E-state index < -0.39 is 6.10 Å². The Morgan fingerprint density at radius 1 is 1.39 bits per heavy atom. The van der Waals surface area contributed by atoms with E-state index in [1.165, 1.54) is 7.11 Å². The Hall–Kier alpha value is -1.52. The summed E-state index contributed by atoms with van der Waals surface area (Å²) in [5, 5.41) is 4.27. The normalized spacial score (nSPS) is 12.6. The van der Waals surface area contributed by atoms with E-state index in [1.807, 2.05) is 34.7 Å². The van der Waals surface area contributed by atoms with Gasteiger partial charge in [-0.25, -0.2) is 4.79 Å². The molecule has 5 nitrogen and oxygen atoms in total. The number of rotatable bonds is 5. The van der Waals surface area contributed by atoms with Crippen LogP contribution in [0.4, 0.5) is 0 Å². The Balaban J connectivity index is 2.92. The fourth-order valence-electron chi connectivity index (χ4n) is 1.82. The summed E-state index contributed by atoms with van der Waals surface area (Å²) in [7, 11) is 3.23. The number of esters is 1. The third-order valence-corrected chi connectivity index (χ3v) is 2.85. The molecule has 0 amide bonds. The number of aryl methyl sites for hydroxylation is 2. The first-order chi connectivity index (χ1) is 8.36. The summed E-state index contributed by atoms with van der Waals surface area (Å²) in [6.07, 6.45) is 0.0529. The van der Waals surface area contributed by atoms with Crippen LogP contribution < -0.4 is 4.74 Å². The van der Waals surface area contributed by atoms with E-state index in [0.29, 0.717) is 18.1 Å². The van der Waals surface area contributed by atoms with E-state index in [-0.39, 0.29) is 5.97 Å². The molecule has 0 bridgehead atoms. The Bertz CT molecular complexity index is 424. The van der Waals surface area contributed by atoms with Crippen LogP contribution in [0, 0.1) is 19.8 Å². The molecular formula is C13H22N2O3. The highest BCUT2D eigenvalue weighted by molar-refractivity contribution is 5.75. The van der Waals surface area contributed by atoms with E-state index in [9.17, 15) is 4.79 Å². The monoisotopic (exact) mass is 254 g/mol. The molecule has 1 aromatic rings. The van der Waals surface area contributed by atoms with Crippen molar-refractivity contribution in [2.45, 2.75) is 40.2 Å². The molecule has 102 valence electrons. The largest absolute Gasteiger partial charge is 0.475 e. The molecule has 1 atom stereocenters. The van der Waals surface area contributed by atoms with Crippen LogP contribution in [-0.2, 0) is 16.6 Å². The molecule has 0 aliphatic rings. The van der Waals surface area contributed by atoms with Crippen molar-refractivity contribution in [1.82, 2.24) is 9.78 Å². The van der Waals surface area contributed by atoms with Crippen LogP contribution in [0.1, 0.15) is 31.7 Å². The van der Waals surface area contributed by atoms with Gasteiger partial charge in [0, 0.05) is 7.05 Å². The highest BCUT2D eigenvalue weighted by Crippen LogP contribution is 2.24. The molecule has 0 aromatic carbocycles. The number of aromatic nitrogens is 2. The SMILES string of the molecule is COC(=O)[C@H](CC(C)C)Oc1c(C)nn(C)c1C. The highest BCUT2D eigenvalue weighted by atomic mass is 16.6. The molecule has 0 saturated carbocycles. The second kappa shape index (κ2) is 5.89. The lowest BCUT2D eigenvalue weighted by Gasteiger charge is -2.18. The van der Waals surface area contributed by atoms with Crippen LogP contribution in [0.25, 0.3) is 0 Å². The van der Waals surface area contributed by atoms with Gasteiger partial charge in [-0.3, -0.25) is 4.68 Å². The van der Waals surface area contributed by atoms with Gasteiger partial charge in [-0.15, -0.1) is 0 Å². The Labute approximate surface area is 108 Å². The Morgan fingerprint density at radius 3 is 2.39 bits per heavy atom. The van der Waals surface area contributed by atoms with Crippen molar-refractivity contribution in [3.05, 3.63) is 11.4 Å². The van der Waals surface area contributed by atoms with Crippen LogP contribution in [0.5, 0.6) is 5.75 Å². The van der Waals surface area contributed by atoms with Gasteiger partial charge in [-0.2, -0.15) is 5.10 Å². The minimum absolute atomic E-state index is 0.341. The molecule has 1 heterocycles. The lowest BCUT2D eigenvalue weighted by molar-refractivity contribution is -0.149. The summed E-state index contributed by atoms with van der Waals surface area (Å²) < 4.78 is 12.3. The number of ether oxygens (including phenoxy) is 2. The number of carbonyl (C=O) groups is 1. The van der Waals surface area contributed by atoms with Crippen LogP contribution in [0.2, 0.25) is 0 Å². The number of methoxy groups -OCH3 is 1. The minimum Gasteiger partial charge on any atom is -0.475 e. The maximum atomic E-state index is 11.7. The van der Waals surface area contributed by atoms with Crippen molar-refractivity contribution in [3.8, 4) is 5.75 Å². The van der Waals surface area contributed by atoms with Crippen molar-refractivity contribution < 1.29 is 14.3 Å². The topological polar surface area (TPSA) is 53.4 Å². The molecule has 1 rings (SSSR count). The number of nitrogens with zero attached hydrogens (tertiary/aromatic N) is 2. The Morgan fingerprint density at radius 2 is 2.00 bits per heavy atom. The average molecular weight is 254 g/mol. The second-order valence-corrected chi connectivity index (χ2v) is 4.88. The van der Waals surface area contributed by atoms with Crippen LogP contribution in [-0.4, -0.2) is 29.0 Å². The molecular weight excluding hydrogens is 232 g/mol. The predicted octanol–water partition coefficient (Wildman–Crippen LogP) is 2.00. The maximum absolute atomic E-state index is 11.7. The molecule has 0 radical (unpaired) electrons. The fourth-order valence-corrected chi connectivity index (χ4v) is 1.82. The summed E-state index contributed by atoms with van der Waals surface area (Å²) in [6, 6.07) is 0. The van der Waals surface area contributed by atoms with Gasteiger partial charge >= 0.3 is 5.97 Å². The molecule has 0 N–H and O–H groups in total. The lowest BCUT2D eigenvalue weighted by atomic mass is 10.1. The van der Waals surface area contributed by atoms with E-state index in [1.54, 1.807) is 4.68 Å². The maximum Gasteiger partial charge on any atom is 0.347 e. The molecule has 5 heteroatoms. The first kappa shape index (κ1) is 14.5. The van der Waals surface area contributed by atoms with Crippen molar-refractivity contribution in [1.29, 1.82) is 0 Å². The van der Waals surface area contributed by atoms with Crippen LogP contribution in [0.15, 0.2) is 0 Å². The van der Waals surface area contributed by atoms with Gasteiger partial charge in [0.25, 0.3) is 0 Å². The summed E-state index contributed by atoms with van der Waals surface area (Å²) >= 11 is 0. The summed E-state index contributed by atoms with van der Waals surface area (Å²) in [5.41, 5.74) is 1.69. The van der Waals surface area contributed by atoms with E-state index in [4.69, 9.17) is 9.47 Å². The quantitative estimate of drug-likeness (QED) is 0.754. The molecule has 0 saturated heterocycles. The number of carbonyl (C=O) groups excluding carboxylic acids is 1. The number of hydrogen-bond acceptors (Lipinski definition) is 4. The summed E-state index contributed by atoms with van der Waals surface area (Å²) in [4.78, 5) is 11.7. The molecule has 0 spiro atoms. The first-order valence-corrected chi connectivity index (χ1v) is 6.11. The van der Waals surface area contributed by atoms with Crippen LogP contribution >= 0.6 is 0 Å². The van der Waals surface area contributed by atoms with Crippen LogP contribution in [0.3, 0.4) is 0 Å². The zero-order chi connectivity index (χ0) is 13.9. The average Bonchev–Trinajstić information content (AvgIpc) is 2.53. The van der Waals surface area contributed by atoms with Crippen molar-refractivity contribution in [2.24, 2.45) is 13.0 Å². The van der Waals surface area contributed by atoms with Crippen molar-refractivity contribution in [2.75, 3.05) is 7.11 Å². The molecule has 0 fully saturated rings. The van der Waals surface area contributed by atoms with Gasteiger partial charge in [-0.05, 0) is 26.2 Å². The Kier molecular flexibility index (Phi) is 4.76. The summed E-state index contributed by atoms with van der Waals surface area (Å²) in [5.74, 6) is 0.686. The smallest absolute Gasteiger partial charge is 0.347 e. The van der Waals surface area contributed by atoms with E-state index in [2.05, 4.69) is 5.10 Å². The van der Waals surface area contributed by atoms with Gasteiger partial charge in [0.2, 0.25) is 0 Å². The predicted molar refractivity (Wildman–Crippen MR) is 68.6 cm³/mol. The zero-order valence-corrected chi connectivity index (χ0v) is 12.0. The van der Waals surface area contributed by atoms with E-state index in [0.717, 1.165) is 11.4 Å². The molecule has 18 heavy (non-hydrogen) atoms. The minimum atomic E-state index is -0.573. The molecule has 0 aliphatic carbocycles. The summed E-state index contributed by atoms with van der Waals surface area (Å²) in [6.45, 7) is 7.87. The molecule has 1 aromatic heterocycles. The zero-order valence-electron chi connectivity index (χ0n) is 12.0. The van der Waals surface area contributed by atoms with Gasteiger partial charge in [-0.1, -0.05) is 13.8 Å². The highest BCUT2D eigenvalue weighted by Gasteiger charge is 2.25. The van der Waals surface area contributed by atoms with Gasteiger partial charge in [0.05, 0.1) is 12.8 Å². The third kappa shape index (κ3) is 3.24. The molecule has 0 aliphatic heterocycles. The first-order valence-electron chi connectivity index (χ1n) is 6.11. The van der Waals surface area contributed by atoms with Gasteiger partial charge < -0.3 is 9.47 Å². The number of hydrogen-bond donors (Lipinski definition) is 0. The van der Waals surface area contributed by atoms with Crippen molar-refractivity contribution >= 4 is 5.97 Å². The standard InChI is InChI=1S/C13H22N2O3/c1-8(2)7-11(13(16)17-6)18-12-9(3)14-15(5)10(12)4/h8,11H,7H2,1-6H3/t11-/m0/s1. The lowest BCUT2D eigenvalue weighted by Crippen LogP contribution is -2.30.